The summed E-state index contributed by atoms with van der Waals surface area (Å²) in [6, 6.07) is 11.1. The van der Waals surface area contributed by atoms with E-state index in [0.717, 1.165) is 26.1 Å². The van der Waals surface area contributed by atoms with E-state index in [9.17, 15) is 4.39 Å². The van der Waals surface area contributed by atoms with Crippen LogP contribution in [-0.4, -0.2) is 24.5 Å². The maximum absolute atomic E-state index is 12.9. The second kappa shape index (κ2) is 7.03. The summed E-state index contributed by atoms with van der Waals surface area (Å²) in [5, 5.41) is 17.7. The van der Waals surface area contributed by atoms with E-state index in [2.05, 4.69) is 17.0 Å². The Morgan fingerprint density at radius 3 is 2.70 bits per heavy atom. The fraction of sp³-hybridized carbons (Fsp3) is 0.500. The zero-order chi connectivity index (χ0) is 14.4. The molecule has 0 amide bonds. The maximum Gasteiger partial charge on any atom is 0.123 e. The standard InChI is InChI=1S/C16H18FN3/c17-16-5-3-14(4-6-16)15-7-9-20(12-15)11-13(10-19)2-1-8-18/h3-6,13,15H,1-2,7,9,11-12H2/t13-,15-/m1/s1. The molecule has 0 radical (unpaired) electrons. The molecular formula is C16H18FN3. The van der Waals surface area contributed by atoms with E-state index in [1.807, 2.05) is 12.1 Å². The molecule has 0 N–H and O–H groups in total. The van der Waals surface area contributed by atoms with Crippen LogP contribution in [0.1, 0.15) is 30.7 Å². The largest absolute Gasteiger partial charge is 0.301 e. The molecule has 2 rings (SSSR count). The molecule has 104 valence electrons. The predicted molar refractivity (Wildman–Crippen MR) is 74.1 cm³/mol. The Balaban J connectivity index is 1.87. The summed E-state index contributed by atoms with van der Waals surface area (Å²) in [5.41, 5.74) is 1.17. The monoisotopic (exact) mass is 271 g/mol. The van der Waals surface area contributed by atoms with Crippen molar-refractivity contribution in [3.8, 4) is 12.1 Å². The molecule has 1 fully saturated rings. The number of nitriles is 2. The van der Waals surface area contributed by atoms with Crippen LogP contribution in [0.3, 0.4) is 0 Å². The summed E-state index contributed by atoms with van der Waals surface area (Å²) in [6.45, 7) is 2.61. The third-order valence-corrected chi connectivity index (χ3v) is 3.88. The number of nitrogens with zero attached hydrogens (tertiary/aromatic N) is 3. The first-order chi connectivity index (χ1) is 9.72. The van der Waals surface area contributed by atoms with E-state index in [0.29, 0.717) is 18.8 Å². The smallest absolute Gasteiger partial charge is 0.123 e. The van der Waals surface area contributed by atoms with Crippen LogP contribution in [0.15, 0.2) is 24.3 Å². The molecule has 2 atom stereocenters. The molecule has 0 bridgehead atoms. The van der Waals surface area contributed by atoms with Crippen LogP contribution in [0.5, 0.6) is 0 Å². The number of rotatable bonds is 5. The lowest BCUT2D eigenvalue weighted by Crippen LogP contribution is -2.26. The first kappa shape index (κ1) is 14.5. The summed E-state index contributed by atoms with van der Waals surface area (Å²) in [4.78, 5) is 2.28. The van der Waals surface area contributed by atoms with Gasteiger partial charge in [-0.1, -0.05) is 12.1 Å². The predicted octanol–water partition coefficient (Wildman–Crippen LogP) is 3.06. The summed E-state index contributed by atoms with van der Waals surface area (Å²) in [6.07, 6.45) is 2.13. The van der Waals surface area contributed by atoms with Gasteiger partial charge in [0.2, 0.25) is 0 Å². The SMILES string of the molecule is N#CCC[C@H](C#N)CN1CC[C@@H](c2ccc(F)cc2)C1. The van der Waals surface area contributed by atoms with Gasteiger partial charge < -0.3 is 4.90 Å². The molecule has 1 aromatic carbocycles. The van der Waals surface area contributed by atoms with Gasteiger partial charge in [0.05, 0.1) is 18.1 Å². The van der Waals surface area contributed by atoms with Gasteiger partial charge in [0.15, 0.2) is 0 Å². The summed E-state index contributed by atoms with van der Waals surface area (Å²) in [5.74, 6) is 0.150. The van der Waals surface area contributed by atoms with Crippen LogP contribution in [0.25, 0.3) is 0 Å². The van der Waals surface area contributed by atoms with Gasteiger partial charge in [-0.15, -0.1) is 0 Å². The third kappa shape index (κ3) is 3.79. The molecule has 4 heteroatoms. The van der Waals surface area contributed by atoms with Gasteiger partial charge in [-0.2, -0.15) is 10.5 Å². The topological polar surface area (TPSA) is 50.8 Å². The lowest BCUT2D eigenvalue weighted by atomic mass is 9.98. The van der Waals surface area contributed by atoms with Crippen LogP contribution in [-0.2, 0) is 0 Å². The maximum atomic E-state index is 12.9. The molecule has 1 aliphatic rings. The van der Waals surface area contributed by atoms with Crippen LogP contribution in [0.2, 0.25) is 0 Å². The Kier molecular flexibility index (Phi) is 5.09. The Hall–Kier alpha value is -1.91. The third-order valence-electron chi connectivity index (χ3n) is 3.88. The van der Waals surface area contributed by atoms with Gasteiger partial charge in [0, 0.05) is 19.5 Å². The minimum Gasteiger partial charge on any atom is -0.301 e. The van der Waals surface area contributed by atoms with Crippen molar-refractivity contribution >= 4 is 0 Å². The lowest BCUT2D eigenvalue weighted by Gasteiger charge is -2.18. The second-order valence-corrected chi connectivity index (χ2v) is 5.32. The van der Waals surface area contributed by atoms with Crippen LogP contribution >= 0.6 is 0 Å². The molecule has 20 heavy (non-hydrogen) atoms. The van der Waals surface area contributed by atoms with E-state index >= 15 is 0 Å². The van der Waals surface area contributed by atoms with Gasteiger partial charge in [0.25, 0.3) is 0 Å². The van der Waals surface area contributed by atoms with Crippen LogP contribution in [0.4, 0.5) is 4.39 Å². The molecule has 0 aliphatic carbocycles. The normalized spacial score (nSPS) is 20.2. The Bertz CT molecular complexity index is 512. The highest BCUT2D eigenvalue weighted by Gasteiger charge is 2.25. The number of halogens is 1. The molecule has 0 saturated carbocycles. The van der Waals surface area contributed by atoms with Crippen LogP contribution in [0, 0.1) is 34.4 Å². The van der Waals surface area contributed by atoms with Crippen molar-refractivity contribution < 1.29 is 4.39 Å². The fourth-order valence-corrected chi connectivity index (χ4v) is 2.75. The zero-order valence-electron chi connectivity index (χ0n) is 11.4. The fourth-order valence-electron chi connectivity index (χ4n) is 2.75. The van der Waals surface area contributed by atoms with Gasteiger partial charge in [-0.25, -0.2) is 4.39 Å². The number of hydrogen-bond donors (Lipinski definition) is 0. The molecule has 1 saturated heterocycles. The van der Waals surface area contributed by atoms with E-state index < -0.39 is 0 Å². The number of likely N-dealkylation sites (tertiary alicyclic amines) is 1. The molecule has 0 aromatic heterocycles. The van der Waals surface area contributed by atoms with Crippen molar-refractivity contribution in [3.63, 3.8) is 0 Å². The molecule has 1 aromatic rings. The zero-order valence-corrected chi connectivity index (χ0v) is 11.4. The summed E-state index contributed by atoms with van der Waals surface area (Å²) in [7, 11) is 0. The Labute approximate surface area is 119 Å². The van der Waals surface area contributed by atoms with Gasteiger partial charge in [-0.05, 0) is 43.0 Å². The number of benzene rings is 1. The van der Waals surface area contributed by atoms with Gasteiger partial charge >= 0.3 is 0 Å². The van der Waals surface area contributed by atoms with Crippen molar-refractivity contribution in [1.82, 2.24) is 4.90 Å². The Morgan fingerprint density at radius 1 is 1.30 bits per heavy atom. The first-order valence-corrected chi connectivity index (χ1v) is 6.97. The van der Waals surface area contributed by atoms with E-state index in [1.165, 1.54) is 17.7 Å². The number of hydrogen-bond acceptors (Lipinski definition) is 3. The quantitative estimate of drug-likeness (QED) is 0.827. The van der Waals surface area contributed by atoms with Crippen LogP contribution < -0.4 is 0 Å². The van der Waals surface area contributed by atoms with E-state index in [-0.39, 0.29) is 11.7 Å². The van der Waals surface area contributed by atoms with Crippen molar-refractivity contribution in [2.75, 3.05) is 19.6 Å². The molecule has 0 unspecified atom stereocenters. The highest BCUT2D eigenvalue weighted by molar-refractivity contribution is 5.22. The molecule has 1 aliphatic heterocycles. The van der Waals surface area contributed by atoms with Gasteiger partial charge in [0.1, 0.15) is 5.82 Å². The minimum absolute atomic E-state index is 0.0679. The van der Waals surface area contributed by atoms with Crippen molar-refractivity contribution in [3.05, 3.63) is 35.6 Å². The molecule has 0 spiro atoms. The average molecular weight is 271 g/mol. The first-order valence-electron chi connectivity index (χ1n) is 6.97. The lowest BCUT2D eigenvalue weighted by molar-refractivity contribution is 0.296. The van der Waals surface area contributed by atoms with E-state index in [1.54, 1.807) is 0 Å². The molecule has 1 heterocycles. The van der Waals surface area contributed by atoms with E-state index in [4.69, 9.17) is 10.5 Å². The van der Waals surface area contributed by atoms with Crippen molar-refractivity contribution in [2.24, 2.45) is 5.92 Å². The van der Waals surface area contributed by atoms with Crippen molar-refractivity contribution in [2.45, 2.75) is 25.2 Å². The highest BCUT2D eigenvalue weighted by atomic mass is 19.1. The second-order valence-electron chi connectivity index (χ2n) is 5.32. The van der Waals surface area contributed by atoms with Crippen molar-refractivity contribution in [1.29, 1.82) is 10.5 Å². The Morgan fingerprint density at radius 2 is 2.05 bits per heavy atom. The van der Waals surface area contributed by atoms with Gasteiger partial charge in [-0.3, -0.25) is 0 Å². The highest BCUT2D eigenvalue weighted by Crippen LogP contribution is 2.28. The molecule has 3 nitrogen and oxygen atoms in total. The average Bonchev–Trinajstić information content (AvgIpc) is 2.92. The summed E-state index contributed by atoms with van der Waals surface area (Å²) < 4.78 is 12.9. The molecular weight excluding hydrogens is 253 g/mol. The summed E-state index contributed by atoms with van der Waals surface area (Å²) >= 11 is 0. The minimum atomic E-state index is -0.204.